The first kappa shape index (κ1) is 15.8. The van der Waals surface area contributed by atoms with E-state index in [2.05, 4.69) is 20.4 Å². The smallest absolute Gasteiger partial charge is 0.335 e. The first-order valence-electron chi connectivity index (χ1n) is 7.17. The highest BCUT2D eigenvalue weighted by Crippen LogP contribution is 2.07. The minimum absolute atomic E-state index is 0.135. The second kappa shape index (κ2) is 7.40. The van der Waals surface area contributed by atoms with Gasteiger partial charge >= 0.3 is 5.82 Å². The van der Waals surface area contributed by atoms with E-state index in [1.807, 2.05) is 85.9 Å². The van der Waals surface area contributed by atoms with Crippen molar-refractivity contribution in [2.24, 2.45) is 40.4 Å². The first-order chi connectivity index (χ1) is 10.6. The maximum Gasteiger partial charge on any atom is 0.350 e. The molecule has 2 heterocycles. The van der Waals surface area contributed by atoms with Gasteiger partial charge in [-0.3, -0.25) is 0 Å². The standard InChI is InChI=1S/C16H21N6/c1-13(2)16(19-17-14-9-5-7-11-21(14)3)20-18-15-10-6-8-12-22(15)4/h5-13H,1-4H3/q+1. The normalized spacial score (nSPS) is 13.3. The monoisotopic (exact) mass is 297 g/mol. The van der Waals surface area contributed by atoms with Crippen molar-refractivity contribution in [3.05, 3.63) is 54.3 Å². The average Bonchev–Trinajstić information content (AvgIpc) is 2.50. The van der Waals surface area contributed by atoms with Crippen molar-refractivity contribution in [1.29, 1.82) is 0 Å². The van der Waals surface area contributed by atoms with Crippen LogP contribution >= 0.6 is 0 Å². The molecule has 6 heteroatoms. The average molecular weight is 297 g/mol. The molecule has 0 fully saturated rings. The molecule has 0 unspecified atom stereocenters. The third kappa shape index (κ3) is 4.18. The van der Waals surface area contributed by atoms with E-state index in [4.69, 9.17) is 0 Å². The van der Waals surface area contributed by atoms with Crippen LogP contribution in [0, 0.1) is 5.92 Å². The van der Waals surface area contributed by atoms with Crippen LogP contribution in [0.5, 0.6) is 0 Å². The molecule has 0 atom stereocenters. The molecule has 2 aromatic heterocycles. The SMILES string of the molecule is CC(C)C(N=Nc1cccc[n+]1C)=NN=c1ccccn1C. The number of rotatable bonds is 3. The molecule has 0 aliphatic rings. The van der Waals surface area contributed by atoms with Crippen molar-refractivity contribution in [1.82, 2.24) is 4.57 Å². The van der Waals surface area contributed by atoms with E-state index in [1.165, 1.54) is 0 Å². The van der Waals surface area contributed by atoms with Gasteiger partial charge in [-0.25, -0.2) is 4.57 Å². The molecule has 0 aliphatic carbocycles. The number of hydrogen-bond acceptors (Lipinski definition) is 3. The van der Waals surface area contributed by atoms with Gasteiger partial charge in [-0.1, -0.05) is 26.0 Å². The summed E-state index contributed by atoms with van der Waals surface area (Å²) in [7, 11) is 3.85. The topological polar surface area (TPSA) is 58.2 Å². The van der Waals surface area contributed by atoms with Crippen LogP contribution in [0.3, 0.4) is 0 Å². The maximum atomic E-state index is 4.25. The fourth-order valence-corrected chi connectivity index (χ4v) is 1.69. The van der Waals surface area contributed by atoms with Crippen LogP contribution < -0.4 is 10.1 Å². The van der Waals surface area contributed by atoms with Crippen LogP contribution in [0.25, 0.3) is 0 Å². The van der Waals surface area contributed by atoms with Gasteiger partial charge in [-0.2, -0.15) is 0 Å². The Balaban J connectivity index is 2.32. The Hall–Kier alpha value is -2.63. The number of pyridine rings is 2. The number of nitrogens with zero attached hydrogens (tertiary/aromatic N) is 6. The second-order valence-electron chi connectivity index (χ2n) is 5.25. The lowest BCUT2D eigenvalue weighted by atomic mass is 10.2. The molecular formula is C16H21N6+. The lowest BCUT2D eigenvalue weighted by Gasteiger charge is -1.99. The Bertz CT molecular complexity index is 755. The largest absolute Gasteiger partial charge is 0.350 e. The lowest BCUT2D eigenvalue weighted by molar-refractivity contribution is -0.658. The van der Waals surface area contributed by atoms with Crippen molar-refractivity contribution in [2.45, 2.75) is 13.8 Å². The zero-order valence-corrected chi connectivity index (χ0v) is 13.4. The van der Waals surface area contributed by atoms with Crippen LogP contribution in [0.2, 0.25) is 0 Å². The van der Waals surface area contributed by atoms with E-state index in [0.717, 1.165) is 11.3 Å². The molecule has 0 aromatic carbocycles. The fourth-order valence-electron chi connectivity index (χ4n) is 1.69. The molecule has 0 spiro atoms. The number of hydrogen-bond donors (Lipinski definition) is 0. The van der Waals surface area contributed by atoms with E-state index in [9.17, 15) is 0 Å². The minimum Gasteiger partial charge on any atom is -0.335 e. The van der Waals surface area contributed by atoms with Gasteiger partial charge in [0.25, 0.3) is 0 Å². The summed E-state index contributed by atoms with van der Waals surface area (Å²) in [6.07, 6.45) is 3.85. The highest BCUT2D eigenvalue weighted by Gasteiger charge is 2.09. The van der Waals surface area contributed by atoms with Crippen molar-refractivity contribution < 1.29 is 4.57 Å². The van der Waals surface area contributed by atoms with Gasteiger partial charge < -0.3 is 4.57 Å². The predicted molar refractivity (Wildman–Crippen MR) is 85.4 cm³/mol. The quantitative estimate of drug-likeness (QED) is 0.275. The summed E-state index contributed by atoms with van der Waals surface area (Å²) in [5.41, 5.74) is 0.765. The van der Waals surface area contributed by atoms with Crippen molar-refractivity contribution in [3.63, 3.8) is 0 Å². The lowest BCUT2D eigenvalue weighted by Crippen LogP contribution is -2.26. The van der Waals surface area contributed by atoms with Crippen LogP contribution in [0.15, 0.2) is 69.2 Å². The zero-order chi connectivity index (χ0) is 15.9. The minimum atomic E-state index is 0.135. The van der Waals surface area contributed by atoms with Gasteiger partial charge in [0.05, 0.1) is 18.4 Å². The van der Waals surface area contributed by atoms with Crippen molar-refractivity contribution >= 4 is 11.7 Å². The number of aromatic nitrogens is 2. The molecular weight excluding hydrogens is 276 g/mol. The number of amidine groups is 1. The van der Waals surface area contributed by atoms with Gasteiger partial charge in [-0.15, -0.1) is 10.2 Å². The first-order valence-corrected chi connectivity index (χ1v) is 7.17. The Kier molecular flexibility index (Phi) is 5.30. The van der Waals surface area contributed by atoms with E-state index >= 15 is 0 Å². The molecule has 2 aromatic rings. The van der Waals surface area contributed by atoms with Gasteiger partial charge in [-0.05, 0) is 23.3 Å². The summed E-state index contributed by atoms with van der Waals surface area (Å²) in [5, 5.41) is 17.0. The molecule has 114 valence electrons. The summed E-state index contributed by atoms with van der Waals surface area (Å²) in [4.78, 5) is 0. The van der Waals surface area contributed by atoms with Crippen molar-refractivity contribution in [2.75, 3.05) is 0 Å². The Morgan fingerprint density at radius 1 is 1.14 bits per heavy atom. The summed E-state index contributed by atoms with van der Waals surface area (Å²) < 4.78 is 3.80. The third-order valence-corrected chi connectivity index (χ3v) is 3.08. The Labute approximate surface area is 130 Å². The van der Waals surface area contributed by atoms with E-state index < -0.39 is 0 Å². The Morgan fingerprint density at radius 2 is 1.91 bits per heavy atom. The summed E-state index contributed by atoms with van der Waals surface area (Å²) >= 11 is 0. The van der Waals surface area contributed by atoms with E-state index in [1.54, 1.807) is 0 Å². The van der Waals surface area contributed by atoms with Crippen LogP contribution in [-0.2, 0) is 14.1 Å². The van der Waals surface area contributed by atoms with Crippen LogP contribution in [-0.4, -0.2) is 10.4 Å². The van der Waals surface area contributed by atoms with E-state index in [0.29, 0.717) is 5.84 Å². The van der Waals surface area contributed by atoms with Gasteiger partial charge in [0, 0.05) is 25.2 Å². The van der Waals surface area contributed by atoms with Crippen molar-refractivity contribution in [3.8, 4) is 0 Å². The van der Waals surface area contributed by atoms with Gasteiger partial charge in [0.2, 0.25) is 5.84 Å². The molecule has 0 amide bonds. The van der Waals surface area contributed by atoms with E-state index in [-0.39, 0.29) is 5.92 Å². The van der Waals surface area contributed by atoms with Gasteiger partial charge in [0.15, 0.2) is 5.49 Å². The van der Waals surface area contributed by atoms with Gasteiger partial charge in [0.1, 0.15) is 0 Å². The molecule has 22 heavy (non-hydrogen) atoms. The molecule has 0 saturated carbocycles. The molecule has 0 bridgehead atoms. The Morgan fingerprint density at radius 3 is 2.59 bits per heavy atom. The molecule has 6 nitrogen and oxygen atoms in total. The maximum absolute atomic E-state index is 4.25. The van der Waals surface area contributed by atoms with Crippen LogP contribution in [0.4, 0.5) is 5.82 Å². The van der Waals surface area contributed by atoms with Crippen LogP contribution in [0.1, 0.15) is 13.8 Å². The highest BCUT2D eigenvalue weighted by molar-refractivity contribution is 5.84. The summed E-state index contributed by atoms with van der Waals surface area (Å²) in [6, 6.07) is 11.5. The zero-order valence-electron chi connectivity index (χ0n) is 13.4. The molecule has 0 aliphatic heterocycles. The summed E-state index contributed by atoms with van der Waals surface area (Å²) in [6.45, 7) is 4.03. The second-order valence-corrected chi connectivity index (χ2v) is 5.25. The number of azo groups is 1. The molecule has 0 radical (unpaired) electrons. The predicted octanol–water partition coefficient (Wildman–Crippen LogP) is 2.50. The highest BCUT2D eigenvalue weighted by atomic mass is 15.3. The third-order valence-electron chi connectivity index (χ3n) is 3.08. The number of aryl methyl sites for hydroxylation is 2. The fraction of sp³-hybridized carbons (Fsp3) is 0.312. The molecule has 0 N–H and O–H groups in total. The summed E-state index contributed by atoms with van der Waals surface area (Å²) in [5.74, 6) is 1.49. The molecule has 0 saturated heterocycles. The molecule has 2 rings (SSSR count).